The van der Waals surface area contributed by atoms with Gasteiger partial charge in [-0.05, 0) is 37.5 Å². The highest BCUT2D eigenvalue weighted by atomic mass is 16.3. The molecule has 0 unspecified atom stereocenters. The summed E-state index contributed by atoms with van der Waals surface area (Å²) in [7, 11) is 0. The number of carbonyl (C=O) groups is 2. The first kappa shape index (κ1) is 23.5. The van der Waals surface area contributed by atoms with Crippen LogP contribution >= 0.6 is 0 Å². The van der Waals surface area contributed by atoms with Gasteiger partial charge in [0.1, 0.15) is 18.1 Å². The minimum atomic E-state index is -0.0781. The van der Waals surface area contributed by atoms with Crippen LogP contribution in [0.3, 0.4) is 0 Å². The van der Waals surface area contributed by atoms with Gasteiger partial charge in [0.2, 0.25) is 11.8 Å². The lowest BCUT2D eigenvalue weighted by molar-refractivity contribution is -0.140. The Labute approximate surface area is 180 Å². The first-order valence-corrected chi connectivity index (χ1v) is 10.8. The van der Waals surface area contributed by atoms with Crippen molar-refractivity contribution in [3.8, 4) is 0 Å². The highest BCUT2D eigenvalue weighted by Gasteiger charge is 2.21. The molecule has 0 radical (unpaired) electrons. The summed E-state index contributed by atoms with van der Waals surface area (Å²) in [6.45, 7) is 9.14. The topological polar surface area (TPSA) is 53.8 Å². The van der Waals surface area contributed by atoms with E-state index in [2.05, 4.69) is 25.6 Å². The van der Waals surface area contributed by atoms with Gasteiger partial charge >= 0.3 is 0 Å². The molecule has 0 aliphatic heterocycles. The lowest BCUT2D eigenvalue weighted by Crippen LogP contribution is -2.43. The maximum absolute atomic E-state index is 13.2. The third-order valence-electron chi connectivity index (χ3n) is 5.03. The van der Waals surface area contributed by atoms with Gasteiger partial charge in [-0.1, -0.05) is 56.2 Å². The highest BCUT2D eigenvalue weighted by molar-refractivity contribution is 5.85. The number of carbonyl (C=O) groups excluding carboxylic acids is 2. The number of aryl methyl sites for hydroxylation is 1. The summed E-state index contributed by atoms with van der Waals surface area (Å²) in [6.07, 6.45) is 5.82. The molecule has 2 aromatic rings. The van der Waals surface area contributed by atoms with Crippen molar-refractivity contribution in [1.82, 2.24) is 9.80 Å². The highest BCUT2D eigenvalue weighted by Crippen LogP contribution is 2.12. The van der Waals surface area contributed by atoms with Gasteiger partial charge in [-0.25, -0.2) is 0 Å². The molecule has 1 aromatic heterocycles. The van der Waals surface area contributed by atoms with Gasteiger partial charge in [0.15, 0.2) is 0 Å². The molecule has 162 valence electrons. The van der Waals surface area contributed by atoms with E-state index >= 15 is 0 Å². The molecule has 0 saturated heterocycles. The molecular formula is C25H34N2O3. The quantitative estimate of drug-likeness (QED) is 0.354. The predicted octanol–water partition coefficient (Wildman–Crippen LogP) is 4.75. The number of hydrogen-bond acceptors (Lipinski definition) is 3. The summed E-state index contributed by atoms with van der Waals surface area (Å²) in [4.78, 5) is 29.1. The Bertz CT molecular complexity index is 798. The van der Waals surface area contributed by atoms with Crippen LogP contribution < -0.4 is 0 Å². The van der Waals surface area contributed by atoms with E-state index in [1.165, 1.54) is 5.56 Å². The molecule has 0 atom stereocenters. The van der Waals surface area contributed by atoms with Crippen LogP contribution in [0.4, 0.5) is 0 Å². The number of unbranched alkanes of at least 4 members (excludes halogenated alkanes) is 2. The summed E-state index contributed by atoms with van der Waals surface area (Å²) in [5.41, 5.74) is 1.17. The van der Waals surface area contributed by atoms with E-state index in [0.29, 0.717) is 26.1 Å². The van der Waals surface area contributed by atoms with Crippen molar-refractivity contribution in [2.75, 3.05) is 19.6 Å². The van der Waals surface area contributed by atoms with E-state index in [-0.39, 0.29) is 18.4 Å². The molecule has 0 N–H and O–H groups in total. The third-order valence-corrected chi connectivity index (χ3v) is 5.03. The van der Waals surface area contributed by atoms with Crippen LogP contribution in [0.2, 0.25) is 0 Å². The van der Waals surface area contributed by atoms with Crippen molar-refractivity contribution in [3.63, 3.8) is 0 Å². The number of furan rings is 1. The molecule has 2 amide bonds. The number of nitrogens with zero attached hydrogens (tertiary/aromatic N) is 2. The summed E-state index contributed by atoms with van der Waals surface area (Å²) in [5.74, 6) is 1.50. The molecule has 0 saturated carbocycles. The Morgan fingerprint density at radius 1 is 1.03 bits per heavy atom. The summed E-state index contributed by atoms with van der Waals surface area (Å²) in [5, 5.41) is 0. The fourth-order valence-corrected chi connectivity index (χ4v) is 3.32. The zero-order valence-electron chi connectivity index (χ0n) is 18.3. The Balaban J connectivity index is 2.06. The largest absolute Gasteiger partial charge is 0.464 e. The fourth-order valence-electron chi connectivity index (χ4n) is 3.32. The zero-order chi connectivity index (χ0) is 21.8. The Morgan fingerprint density at radius 3 is 2.43 bits per heavy atom. The van der Waals surface area contributed by atoms with Gasteiger partial charge in [-0.2, -0.15) is 0 Å². The summed E-state index contributed by atoms with van der Waals surface area (Å²) < 4.78 is 5.69. The second-order valence-electron chi connectivity index (χ2n) is 7.58. The van der Waals surface area contributed by atoms with Gasteiger partial charge in [-0.15, -0.1) is 6.58 Å². The molecule has 0 fully saturated rings. The lowest BCUT2D eigenvalue weighted by atomic mass is 10.1. The second kappa shape index (κ2) is 12.7. The molecule has 1 aromatic carbocycles. The van der Waals surface area contributed by atoms with E-state index < -0.39 is 0 Å². The van der Waals surface area contributed by atoms with E-state index in [1.807, 2.05) is 37.3 Å². The monoisotopic (exact) mass is 410 g/mol. The maximum atomic E-state index is 13.2. The molecule has 0 spiro atoms. The first-order valence-electron chi connectivity index (χ1n) is 10.8. The molecule has 0 bridgehead atoms. The van der Waals surface area contributed by atoms with E-state index in [1.54, 1.807) is 15.9 Å². The van der Waals surface area contributed by atoms with Crippen molar-refractivity contribution in [2.45, 2.75) is 52.5 Å². The van der Waals surface area contributed by atoms with Crippen LogP contribution in [0.15, 0.2) is 59.5 Å². The summed E-state index contributed by atoms with van der Waals surface area (Å²) in [6, 6.07) is 13.9. The Hall–Kier alpha value is -2.82. The molecule has 5 heteroatoms. The summed E-state index contributed by atoms with van der Waals surface area (Å²) >= 11 is 0. The van der Waals surface area contributed by atoms with Crippen LogP contribution in [0.5, 0.6) is 0 Å². The van der Waals surface area contributed by atoms with Crippen LogP contribution in [-0.4, -0.2) is 41.2 Å². The van der Waals surface area contributed by atoms with Crippen LogP contribution in [-0.2, 0) is 22.6 Å². The van der Waals surface area contributed by atoms with Crippen LogP contribution in [0, 0.1) is 6.92 Å². The van der Waals surface area contributed by atoms with Crippen molar-refractivity contribution < 1.29 is 14.0 Å². The van der Waals surface area contributed by atoms with Crippen LogP contribution in [0.25, 0.3) is 0 Å². The first-order chi connectivity index (χ1) is 14.5. The number of benzene rings is 1. The molecule has 0 aliphatic rings. The number of rotatable bonds is 13. The minimum absolute atomic E-state index is 0.00792. The van der Waals surface area contributed by atoms with Gasteiger partial charge in [0.05, 0.1) is 6.54 Å². The van der Waals surface area contributed by atoms with Crippen LogP contribution in [0.1, 0.15) is 49.7 Å². The van der Waals surface area contributed by atoms with Gasteiger partial charge < -0.3 is 14.2 Å². The molecular weight excluding hydrogens is 376 g/mol. The van der Waals surface area contributed by atoms with Crippen molar-refractivity contribution in [1.29, 1.82) is 0 Å². The van der Waals surface area contributed by atoms with Crippen molar-refractivity contribution in [3.05, 3.63) is 72.2 Å². The second-order valence-corrected chi connectivity index (χ2v) is 7.58. The van der Waals surface area contributed by atoms with Gasteiger partial charge in [0.25, 0.3) is 0 Å². The molecule has 30 heavy (non-hydrogen) atoms. The SMILES string of the molecule is C=CCN(CC(=O)N(CCc1ccccc1)Cc1ccc(C)o1)C(=O)CCCCC. The predicted molar refractivity (Wildman–Crippen MR) is 120 cm³/mol. The standard InChI is InChI=1S/C25H34N2O3/c1-4-6-8-13-24(28)26(17-5-2)20-25(29)27(19-23-15-14-21(3)30-23)18-16-22-11-9-7-10-12-22/h5,7,9-12,14-15H,2,4,6,8,13,16-20H2,1,3H3. The van der Waals surface area contributed by atoms with E-state index in [9.17, 15) is 9.59 Å². The molecule has 5 nitrogen and oxygen atoms in total. The average Bonchev–Trinajstić information content (AvgIpc) is 3.16. The zero-order valence-corrected chi connectivity index (χ0v) is 18.3. The molecule has 1 heterocycles. The average molecular weight is 411 g/mol. The van der Waals surface area contributed by atoms with Crippen molar-refractivity contribution >= 4 is 11.8 Å². The van der Waals surface area contributed by atoms with Gasteiger partial charge in [0, 0.05) is 19.5 Å². The lowest BCUT2D eigenvalue weighted by Gasteiger charge is -2.27. The van der Waals surface area contributed by atoms with Gasteiger partial charge in [-0.3, -0.25) is 9.59 Å². The Morgan fingerprint density at radius 2 is 1.80 bits per heavy atom. The molecule has 0 aliphatic carbocycles. The number of amides is 2. The van der Waals surface area contributed by atoms with E-state index in [4.69, 9.17) is 4.42 Å². The van der Waals surface area contributed by atoms with Crippen molar-refractivity contribution in [2.24, 2.45) is 0 Å². The third kappa shape index (κ3) is 7.90. The maximum Gasteiger partial charge on any atom is 0.242 e. The fraction of sp³-hybridized carbons (Fsp3) is 0.440. The normalized spacial score (nSPS) is 10.6. The van der Waals surface area contributed by atoms with E-state index in [0.717, 1.165) is 37.2 Å². The molecule has 2 rings (SSSR count). The smallest absolute Gasteiger partial charge is 0.242 e. The number of hydrogen-bond donors (Lipinski definition) is 0. The Kier molecular flexibility index (Phi) is 9.92. The minimum Gasteiger partial charge on any atom is -0.464 e.